The van der Waals surface area contributed by atoms with Gasteiger partial charge in [0.2, 0.25) is 0 Å². The number of nitro benzene ring substituents is 1. The molecule has 1 rings (SSSR count). The van der Waals surface area contributed by atoms with Gasteiger partial charge in [0.1, 0.15) is 5.75 Å². The number of benzene rings is 1. The molecule has 0 atom stereocenters. The van der Waals surface area contributed by atoms with Gasteiger partial charge < -0.3 is 4.74 Å². The molecule has 16 heavy (non-hydrogen) atoms. The van der Waals surface area contributed by atoms with Crippen LogP contribution in [-0.4, -0.2) is 10.9 Å². The Morgan fingerprint density at radius 2 is 2.06 bits per heavy atom. The van der Waals surface area contributed by atoms with Crippen molar-refractivity contribution < 1.29 is 14.5 Å². The number of nitro groups is 1. The fourth-order valence-corrected chi connectivity index (χ4v) is 1.40. The fourth-order valence-electron chi connectivity index (χ4n) is 1.40. The number of esters is 1. The van der Waals surface area contributed by atoms with Gasteiger partial charge in [0.15, 0.2) is 0 Å². The zero-order valence-electron chi connectivity index (χ0n) is 9.44. The lowest BCUT2D eigenvalue weighted by atomic mass is 10.1. The summed E-state index contributed by atoms with van der Waals surface area (Å²) in [6.45, 7) is 4.89. The normalized spacial score (nSPS) is 9.94. The second-order valence-corrected chi connectivity index (χ2v) is 3.44. The zero-order valence-corrected chi connectivity index (χ0v) is 9.44. The molecule has 0 saturated carbocycles. The summed E-state index contributed by atoms with van der Waals surface area (Å²) in [4.78, 5) is 21.5. The summed E-state index contributed by atoms with van der Waals surface area (Å²) in [5.41, 5.74) is 0.937. The first-order valence-corrected chi connectivity index (χ1v) is 4.92. The molecule has 86 valence electrons. The van der Waals surface area contributed by atoms with Crippen molar-refractivity contribution in [1.82, 2.24) is 0 Å². The molecule has 0 aromatic heterocycles. The van der Waals surface area contributed by atoms with Gasteiger partial charge >= 0.3 is 5.97 Å². The molecular formula is C11H13NO4. The van der Waals surface area contributed by atoms with Crippen LogP contribution in [0.25, 0.3) is 0 Å². The van der Waals surface area contributed by atoms with E-state index in [1.54, 1.807) is 32.9 Å². The average Bonchev–Trinajstić information content (AvgIpc) is 2.21. The minimum Gasteiger partial charge on any atom is -0.426 e. The van der Waals surface area contributed by atoms with Crippen LogP contribution < -0.4 is 4.74 Å². The number of hydrogen-bond acceptors (Lipinski definition) is 4. The molecule has 0 fully saturated rings. The molecule has 0 unspecified atom stereocenters. The molecule has 0 aliphatic rings. The van der Waals surface area contributed by atoms with Crippen LogP contribution in [-0.2, 0) is 4.79 Å². The Labute approximate surface area is 93.2 Å². The van der Waals surface area contributed by atoms with Crippen molar-refractivity contribution in [3.63, 3.8) is 0 Å². The van der Waals surface area contributed by atoms with E-state index >= 15 is 0 Å². The van der Waals surface area contributed by atoms with E-state index < -0.39 is 10.9 Å². The summed E-state index contributed by atoms with van der Waals surface area (Å²) in [7, 11) is 0. The van der Waals surface area contributed by atoms with Gasteiger partial charge in [-0.1, -0.05) is 6.92 Å². The Kier molecular flexibility index (Phi) is 3.60. The van der Waals surface area contributed by atoms with Crippen molar-refractivity contribution in [1.29, 1.82) is 0 Å². The lowest BCUT2D eigenvalue weighted by molar-refractivity contribution is -0.386. The average molecular weight is 223 g/mol. The first-order valence-electron chi connectivity index (χ1n) is 4.92. The summed E-state index contributed by atoms with van der Waals surface area (Å²) in [5, 5.41) is 10.8. The van der Waals surface area contributed by atoms with Gasteiger partial charge in [-0.2, -0.15) is 0 Å². The Hall–Kier alpha value is -1.91. The highest BCUT2D eigenvalue weighted by Crippen LogP contribution is 2.30. The van der Waals surface area contributed by atoms with Gasteiger partial charge in [-0.3, -0.25) is 14.9 Å². The smallest absolute Gasteiger partial charge is 0.310 e. The van der Waals surface area contributed by atoms with Crippen LogP contribution in [0.1, 0.15) is 24.5 Å². The maximum atomic E-state index is 11.1. The van der Waals surface area contributed by atoms with E-state index in [2.05, 4.69) is 0 Å². The lowest BCUT2D eigenvalue weighted by Crippen LogP contribution is -2.07. The minimum absolute atomic E-state index is 0.00130. The van der Waals surface area contributed by atoms with Crippen LogP contribution in [0.4, 0.5) is 5.69 Å². The zero-order chi connectivity index (χ0) is 12.3. The molecule has 0 aliphatic heterocycles. The fraction of sp³-hybridized carbons (Fsp3) is 0.364. The first kappa shape index (κ1) is 12.2. The standard InChI is InChI=1S/C11H13NO4/c1-4-10(13)16-9-6-5-7(2)11(8(9)3)12(14)15/h5-6H,4H2,1-3H3. The topological polar surface area (TPSA) is 69.4 Å². The van der Waals surface area contributed by atoms with Crippen molar-refractivity contribution >= 4 is 11.7 Å². The van der Waals surface area contributed by atoms with E-state index in [-0.39, 0.29) is 17.9 Å². The predicted octanol–water partition coefficient (Wildman–Crippen LogP) is 2.53. The van der Waals surface area contributed by atoms with Crippen LogP contribution in [0.3, 0.4) is 0 Å². The Morgan fingerprint density at radius 3 is 2.56 bits per heavy atom. The Balaban J connectivity index is 3.18. The van der Waals surface area contributed by atoms with E-state index in [0.717, 1.165) is 0 Å². The van der Waals surface area contributed by atoms with Gasteiger partial charge in [0, 0.05) is 12.0 Å². The molecule has 0 spiro atoms. The molecule has 1 aromatic rings. The molecule has 0 saturated heterocycles. The number of aryl methyl sites for hydroxylation is 1. The summed E-state index contributed by atoms with van der Waals surface area (Å²) in [5.74, 6) is -0.148. The van der Waals surface area contributed by atoms with E-state index in [9.17, 15) is 14.9 Å². The second kappa shape index (κ2) is 4.74. The predicted molar refractivity (Wildman–Crippen MR) is 58.5 cm³/mol. The van der Waals surface area contributed by atoms with Crippen molar-refractivity contribution in [2.75, 3.05) is 0 Å². The highest BCUT2D eigenvalue weighted by Gasteiger charge is 2.19. The van der Waals surface area contributed by atoms with Crippen molar-refractivity contribution in [3.8, 4) is 5.75 Å². The van der Waals surface area contributed by atoms with E-state index in [4.69, 9.17) is 4.74 Å². The van der Waals surface area contributed by atoms with Crippen molar-refractivity contribution in [2.45, 2.75) is 27.2 Å². The van der Waals surface area contributed by atoms with Crippen LogP contribution >= 0.6 is 0 Å². The number of ether oxygens (including phenoxy) is 1. The van der Waals surface area contributed by atoms with Gasteiger partial charge in [-0.05, 0) is 26.0 Å². The molecule has 0 bridgehead atoms. The van der Waals surface area contributed by atoms with Crippen LogP contribution in [0.2, 0.25) is 0 Å². The Bertz CT molecular complexity index is 440. The third kappa shape index (κ3) is 2.36. The molecule has 5 nitrogen and oxygen atoms in total. The van der Waals surface area contributed by atoms with Crippen LogP contribution in [0, 0.1) is 24.0 Å². The molecular weight excluding hydrogens is 210 g/mol. The summed E-state index contributed by atoms with van der Waals surface area (Å²) in [6.07, 6.45) is 0.237. The van der Waals surface area contributed by atoms with Crippen molar-refractivity contribution in [2.24, 2.45) is 0 Å². The minimum atomic E-state index is -0.464. The molecule has 0 N–H and O–H groups in total. The number of carbonyl (C=O) groups excluding carboxylic acids is 1. The lowest BCUT2D eigenvalue weighted by Gasteiger charge is -2.08. The molecule has 1 aromatic carbocycles. The SMILES string of the molecule is CCC(=O)Oc1ccc(C)c([N+](=O)[O-])c1C. The summed E-state index contributed by atoms with van der Waals surface area (Å²) < 4.78 is 5.00. The van der Waals surface area contributed by atoms with Crippen LogP contribution in [0.15, 0.2) is 12.1 Å². The maximum absolute atomic E-state index is 11.1. The van der Waals surface area contributed by atoms with Gasteiger partial charge in [-0.25, -0.2) is 0 Å². The number of rotatable bonds is 3. The highest BCUT2D eigenvalue weighted by molar-refractivity contribution is 5.73. The number of nitrogens with zero attached hydrogens (tertiary/aromatic N) is 1. The molecule has 0 radical (unpaired) electrons. The molecule has 0 heterocycles. The first-order chi connectivity index (χ1) is 7.47. The quantitative estimate of drug-likeness (QED) is 0.341. The largest absolute Gasteiger partial charge is 0.426 e. The third-order valence-electron chi connectivity index (χ3n) is 2.28. The van der Waals surface area contributed by atoms with Crippen molar-refractivity contribution in [3.05, 3.63) is 33.4 Å². The van der Waals surface area contributed by atoms with Gasteiger partial charge in [0.05, 0.1) is 10.5 Å². The van der Waals surface area contributed by atoms with E-state index in [1.807, 2.05) is 0 Å². The van der Waals surface area contributed by atoms with Gasteiger partial charge in [-0.15, -0.1) is 0 Å². The van der Waals surface area contributed by atoms with Crippen LogP contribution in [0.5, 0.6) is 5.75 Å². The van der Waals surface area contributed by atoms with Gasteiger partial charge in [0.25, 0.3) is 5.69 Å². The molecule has 5 heteroatoms. The Morgan fingerprint density at radius 1 is 1.44 bits per heavy atom. The second-order valence-electron chi connectivity index (χ2n) is 3.44. The molecule has 0 amide bonds. The highest BCUT2D eigenvalue weighted by atomic mass is 16.6. The number of hydrogen-bond donors (Lipinski definition) is 0. The van der Waals surface area contributed by atoms with E-state index in [1.165, 1.54) is 0 Å². The third-order valence-corrected chi connectivity index (χ3v) is 2.28. The summed E-state index contributed by atoms with van der Waals surface area (Å²) >= 11 is 0. The maximum Gasteiger partial charge on any atom is 0.310 e. The summed E-state index contributed by atoms with van der Waals surface area (Å²) in [6, 6.07) is 3.15. The van der Waals surface area contributed by atoms with E-state index in [0.29, 0.717) is 11.1 Å². The number of carbonyl (C=O) groups is 1. The molecule has 0 aliphatic carbocycles. The monoisotopic (exact) mass is 223 g/mol.